The van der Waals surface area contributed by atoms with Gasteiger partial charge in [0.25, 0.3) is 0 Å². The molecule has 0 fully saturated rings. The van der Waals surface area contributed by atoms with Gasteiger partial charge < -0.3 is 4.74 Å². The van der Waals surface area contributed by atoms with E-state index >= 15 is 0 Å². The minimum Gasteiger partial charge on any atom is -0.359 e. The number of nitrogens with one attached hydrogen (secondary N) is 1. The molecule has 8 heteroatoms. The van der Waals surface area contributed by atoms with Crippen molar-refractivity contribution in [1.29, 1.82) is 0 Å². The summed E-state index contributed by atoms with van der Waals surface area (Å²) in [5.41, 5.74) is 0.519. The summed E-state index contributed by atoms with van der Waals surface area (Å²) in [5, 5.41) is 0.434. The molecule has 0 spiro atoms. The van der Waals surface area contributed by atoms with Gasteiger partial charge in [0, 0.05) is 11.6 Å². The second-order valence-corrected chi connectivity index (χ2v) is 8.44. The fourth-order valence-electron chi connectivity index (χ4n) is 2.01. The summed E-state index contributed by atoms with van der Waals surface area (Å²) in [4.78, 5) is 0.0359. The highest BCUT2D eigenvalue weighted by Crippen LogP contribution is 2.38. The third kappa shape index (κ3) is 4.63. The maximum atomic E-state index is 12.6. The van der Waals surface area contributed by atoms with Crippen molar-refractivity contribution in [2.24, 2.45) is 0 Å². The second-order valence-electron chi connectivity index (χ2n) is 4.90. The molecular weight excluding hydrogens is 393 g/mol. The van der Waals surface area contributed by atoms with Gasteiger partial charge in [0.1, 0.15) is 0 Å². The van der Waals surface area contributed by atoms with Gasteiger partial charge in [0.2, 0.25) is 10.0 Å². The Morgan fingerprint density at radius 3 is 2.21 bits per heavy atom. The molecule has 0 saturated heterocycles. The third-order valence-electron chi connectivity index (χ3n) is 3.21. The molecule has 1 N–H and O–H groups in total. The Hall–Kier alpha value is -0.820. The lowest BCUT2D eigenvalue weighted by atomic mass is 10.1. The number of rotatable bonds is 7. The van der Waals surface area contributed by atoms with Crippen LogP contribution in [0.2, 0.25) is 5.02 Å². The summed E-state index contributed by atoms with van der Waals surface area (Å²) in [6.45, 7) is 1.94. The average Bonchev–Trinajstić information content (AvgIpc) is 2.55. The topological polar surface area (TPSA) is 55.4 Å². The van der Waals surface area contributed by atoms with Gasteiger partial charge in [0.15, 0.2) is 10.6 Å². The second kappa shape index (κ2) is 8.04. The maximum Gasteiger partial charge on any atom is 0.242 e. The molecule has 0 unspecified atom stereocenters. The van der Waals surface area contributed by atoms with E-state index in [0.717, 1.165) is 0 Å². The largest absolute Gasteiger partial charge is 0.359 e. The lowest BCUT2D eigenvalue weighted by Crippen LogP contribution is -2.46. The molecule has 0 amide bonds. The van der Waals surface area contributed by atoms with Crippen LogP contribution in [-0.4, -0.2) is 21.3 Å². The van der Waals surface area contributed by atoms with E-state index in [1.165, 1.54) is 24.3 Å². The van der Waals surface area contributed by atoms with Crippen LogP contribution < -0.4 is 4.72 Å². The molecule has 0 heterocycles. The summed E-state index contributed by atoms with van der Waals surface area (Å²) in [7, 11) is -3.89. The van der Waals surface area contributed by atoms with Crippen LogP contribution in [0.5, 0.6) is 0 Å². The molecular formula is C16H16Cl3NO3S. The van der Waals surface area contributed by atoms with E-state index in [-0.39, 0.29) is 11.5 Å². The van der Waals surface area contributed by atoms with Crippen molar-refractivity contribution in [3.8, 4) is 0 Å². The van der Waals surface area contributed by atoms with Crippen molar-refractivity contribution in [1.82, 2.24) is 4.72 Å². The first-order valence-corrected chi connectivity index (χ1v) is 9.72. The lowest BCUT2D eigenvalue weighted by molar-refractivity contribution is 0.0423. The van der Waals surface area contributed by atoms with Crippen LogP contribution in [0.4, 0.5) is 0 Å². The zero-order chi connectivity index (χ0) is 17.8. The van der Waals surface area contributed by atoms with Crippen LogP contribution in [0.25, 0.3) is 0 Å². The van der Waals surface area contributed by atoms with Crippen molar-refractivity contribution in [3.05, 3.63) is 65.2 Å². The lowest BCUT2D eigenvalue weighted by Gasteiger charge is -2.30. The Balaban J connectivity index is 2.32. The fourth-order valence-corrected chi connectivity index (χ4v) is 3.91. The minimum absolute atomic E-state index is 0.0359. The Labute approximate surface area is 156 Å². The van der Waals surface area contributed by atoms with E-state index in [1.807, 2.05) is 0 Å². The summed E-state index contributed by atoms with van der Waals surface area (Å²) < 4.78 is 31.4. The monoisotopic (exact) mass is 407 g/mol. The van der Waals surface area contributed by atoms with Gasteiger partial charge >= 0.3 is 0 Å². The molecule has 0 radical (unpaired) electrons. The summed E-state index contributed by atoms with van der Waals surface area (Å²) >= 11 is 18.6. The van der Waals surface area contributed by atoms with Gasteiger partial charge in [-0.15, -0.1) is 0 Å². The van der Waals surface area contributed by atoms with Crippen LogP contribution in [0.3, 0.4) is 0 Å². The van der Waals surface area contributed by atoms with Crippen LogP contribution >= 0.6 is 34.8 Å². The SMILES string of the molecule is CCO[C@@H](NS(=O)(=O)c1ccc(Cl)cc1)C(Cl)(Cl)c1ccccc1. The van der Waals surface area contributed by atoms with Crippen molar-refractivity contribution < 1.29 is 13.2 Å². The average molecular weight is 409 g/mol. The molecule has 24 heavy (non-hydrogen) atoms. The van der Waals surface area contributed by atoms with Crippen LogP contribution in [0.15, 0.2) is 59.5 Å². The third-order valence-corrected chi connectivity index (χ3v) is 5.71. The van der Waals surface area contributed by atoms with Gasteiger partial charge in [-0.1, -0.05) is 65.1 Å². The first kappa shape index (κ1) is 19.5. The Morgan fingerprint density at radius 1 is 1.08 bits per heavy atom. The molecule has 2 aromatic carbocycles. The molecule has 1 atom stereocenters. The zero-order valence-corrected chi connectivity index (χ0v) is 15.8. The summed E-state index contributed by atoms with van der Waals surface area (Å²) in [6, 6.07) is 14.5. The first-order valence-electron chi connectivity index (χ1n) is 7.10. The molecule has 2 aromatic rings. The number of hydrogen-bond donors (Lipinski definition) is 1. The van der Waals surface area contributed by atoms with Crippen LogP contribution in [0, 0.1) is 0 Å². The molecule has 4 nitrogen and oxygen atoms in total. The molecule has 0 aliphatic heterocycles. The van der Waals surface area contributed by atoms with Gasteiger partial charge in [-0.05, 0) is 36.8 Å². The zero-order valence-electron chi connectivity index (χ0n) is 12.7. The minimum atomic E-state index is -3.89. The van der Waals surface area contributed by atoms with E-state index in [4.69, 9.17) is 39.5 Å². The van der Waals surface area contributed by atoms with Gasteiger partial charge in [-0.3, -0.25) is 0 Å². The summed E-state index contributed by atoms with van der Waals surface area (Å²) in [5.74, 6) is 0. The van der Waals surface area contributed by atoms with E-state index in [9.17, 15) is 8.42 Å². The quantitative estimate of drug-likeness (QED) is 0.548. The molecule has 130 valence electrons. The highest BCUT2D eigenvalue weighted by Gasteiger charge is 2.40. The van der Waals surface area contributed by atoms with Gasteiger partial charge in [0.05, 0.1) is 4.90 Å². The number of ether oxygens (including phenoxy) is 1. The highest BCUT2D eigenvalue weighted by molar-refractivity contribution is 7.89. The molecule has 0 aliphatic rings. The van der Waals surface area contributed by atoms with Crippen molar-refractivity contribution in [2.45, 2.75) is 22.4 Å². The van der Waals surface area contributed by atoms with E-state index in [2.05, 4.69) is 4.72 Å². The fraction of sp³-hybridized carbons (Fsp3) is 0.250. The van der Waals surface area contributed by atoms with E-state index < -0.39 is 20.6 Å². The van der Waals surface area contributed by atoms with Crippen LogP contribution in [-0.2, 0) is 19.1 Å². The molecule has 0 aromatic heterocycles. The molecule has 0 aliphatic carbocycles. The van der Waals surface area contributed by atoms with Gasteiger partial charge in [-0.2, -0.15) is 4.72 Å². The normalized spacial score (nSPS) is 13.7. The Kier molecular flexibility index (Phi) is 6.53. The molecule has 2 rings (SSSR count). The van der Waals surface area contributed by atoms with Crippen molar-refractivity contribution in [2.75, 3.05) is 6.61 Å². The highest BCUT2D eigenvalue weighted by atomic mass is 35.5. The number of halogens is 3. The van der Waals surface area contributed by atoms with E-state index in [1.54, 1.807) is 37.3 Å². The Bertz CT molecular complexity index is 765. The Morgan fingerprint density at radius 2 is 1.67 bits per heavy atom. The number of benzene rings is 2. The van der Waals surface area contributed by atoms with Crippen LogP contribution in [0.1, 0.15) is 12.5 Å². The van der Waals surface area contributed by atoms with E-state index in [0.29, 0.717) is 10.6 Å². The van der Waals surface area contributed by atoms with Gasteiger partial charge in [-0.25, -0.2) is 8.42 Å². The maximum absolute atomic E-state index is 12.6. The van der Waals surface area contributed by atoms with Crippen molar-refractivity contribution in [3.63, 3.8) is 0 Å². The number of sulfonamides is 1. The number of hydrogen-bond acceptors (Lipinski definition) is 3. The molecule has 0 bridgehead atoms. The first-order chi connectivity index (χ1) is 11.3. The number of alkyl halides is 2. The predicted octanol–water partition coefficient (Wildman–Crippen LogP) is 4.31. The summed E-state index contributed by atoms with van der Waals surface area (Å²) in [6.07, 6.45) is -1.17. The molecule has 0 saturated carbocycles. The van der Waals surface area contributed by atoms with Crippen molar-refractivity contribution >= 4 is 44.8 Å². The smallest absolute Gasteiger partial charge is 0.242 e. The predicted molar refractivity (Wildman–Crippen MR) is 97.0 cm³/mol. The standard InChI is InChI=1S/C16H16Cl3NO3S/c1-2-23-15(16(18,19)12-6-4-3-5-7-12)20-24(21,22)14-10-8-13(17)9-11-14/h3-11,15,20H,2H2,1H3/t15-/m1/s1.